The fourth-order valence-electron chi connectivity index (χ4n) is 2.16. The molecule has 0 saturated heterocycles. The maximum atomic E-state index is 12.4. The lowest BCUT2D eigenvalue weighted by molar-refractivity contribution is -0.115. The summed E-state index contributed by atoms with van der Waals surface area (Å²) in [5, 5.41) is 3.35. The Morgan fingerprint density at radius 3 is 2.32 bits per heavy atom. The molecule has 0 atom stereocenters. The molecule has 144 valence electrons. The first-order valence-corrected chi connectivity index (χ1v) is 10.7. The molecule has 2 N–H and O–H groups in total. The van der Waals surface area contributed by atoms with Crippen LogP contribution in [0.4, 0.5) is 11.5 Å². The normalized spacial score (nSPS) is 11.0. The Bertz CT molecular complexity index is 1010. The number of nitrogens with one attached hydrogen (secondary N) is 2. The van der Waals surface area contributed by atoms with Crippen molar-refractivity contribution in [2.45, 2.75) is 16.5 Å². The van der Waals surface area contributed by atoms with Gasteiger partial charge in [0, 0.05) is 36.5 Å². The molecule has 3 rings (SSSR count). The Kier molecular flexibility index (Phi) is 6.56. The molecule has 0 aliphatic rings. The van der Waals surface area contributed by atoms with E-state index in [1.807, 2.05) is 0 Å². The average molecular weight is 416 g/mol. The Balaban J connectivity index is 1.53. The molecule has 3 aromatic rings. The molecule has 1 aromatic carbocycles. The van der Waals surface area contributed by atoms with Crippen LogP contribution in [0.2, 0.25) is 0 Å². The second kappa shape index (κ2) is 9.29. The van der Waals surface area contributed by atoms with Gasteiger partial charge in [-0.3, -0.25) is 9.52 Å². The lowest BCUT2D eigenvalue weighted by Gasteiger charge is -2.09. The Labute approximate surface area is 166 Å². The van der Waals surface area contributed by atoms with E-state index in [-0.39, 0.29) is 23.0 Å². The summed E-state index contributed by atoms with van der Waals surface area (Å²) in [6, 6.07) is 12.6. The number of carbonyl (C=O) groups excluding carboxylic acids is 1. The Morgan fingerprint density at radius 2 is 1.64 bits per heavy atom. The van der Waals surface area contributed by atoms with Crippen molar-refractivity contribution in [3.63, 3.8) is 0 Å². The monoisotopic (exact) mass is 415 g/mol. The van der Waals surface area contributed by atoms with Crippen molar-refractivity contribution >= 4 is 39.2 Å². The quantitative estimate of drug-likeness (QED) is 0.429. The highest BCUT2D eigenvalue weighted by molar-refractivity contribution is 7.99. The van der Waals surface area contributed by atoms with E-state index < -0.39 is 10.0 Å². The molecule has 28 heavy (non-hydrogen) atoms. The molecule has 0 fully saturated rings. The van der Waals surface area contributed by atoms with Crippen molar-refractivity contribution in [2.24, 2.45) is 0 Å². The zero-order valence-electron chi connectivity index (χ0n) is 14.6. The van der Waals surface area contributed by atoms with Gasteiger partial charge in [0.2, 0.25) is 5.91 Å². The SMILES string of the molecule is O=C(CCSc1ncccn1)Nc1ccc(S(=O)(=O)Nc2ccccn2)cc1. The predicted octanol–water partition coefficient (Wildman–Crippen LogP) is 2.79. The molecule has 0 saturated carbocycles. The maximum Gasteiger partial charge on any atom is 0.263 e. The summed E-state index contributed by atoms with van der Waals surface area (Å²) < 4.78 is 27.1. The fraction of sp³-hybridized carbons (Fsp3) is 0.111. The zero-order valence-corrected chi connectivity index (χ0v) is 16.3. The highest BCUT2D eigenvalue weighted by Gasteiger charge is 2.14. The minimum absolute atomic E-state index is 0.0768. The smallest absolute Gasteiger partial charge is 0.263 e. The number of hydrogen-bond acceptors (Lipinski definition) is 7. The average Bonchev–Trinajstić information content (AvgIpc) is 2.70. The van der Waals surface area contributed by atoms with Gasteiger partial charge in [-0.05, 0) is 42.5 Å². The van der Waals surface area contributed by atoms with Gasteiger partial charge in [0.1, 0.15) is 5.82 Å². The van der Waals surface area contributed by atoms with Crippen LogP contribution in [0.5, 0.6) is 0 Å². The summed E-state index contributed by atoms with van der Waals surface area (Å²) >= 11 is 1.39. The van der Waals surface area contributed by atoms with Gasteiger partial charge in [0.25, 0.3) is 10.0 Å². The summed E-state index contributed by atoms with van der Waals surface area (Å²) in [4.78, 5) is 24.2. The number of amides is 1. The molecule has 0 unspecified atom stereocenters. The highest BCUT2D eigenvalue weighted by Crippen LogP contribution is 2.18. The third-order valence-electron chi connectivity index (χ3n) is 3.45. The minimum atomic E-state index is -3.75. The summed E-state index contributed by atoms with van der Waals surface area (Å²) in [6.45, 7) is 0. The Morgan fingerprint density at radius 1 is 0.929 bits per heavy atom. The van der Waals surface area contributed by atoms with Crippen molar-refractivity contribution < 1.29 is 13.2 Å². The van der Waals surface area contributed by atoms with E-state index >= 15 is 0 Å². The van der Waals surface area contributed by atoms with E-state index in [2.05, 4.69) is 25.0 Å². The van der Waals surface area contributed by atoms with E-state index in [1.54, 1.807) is 48.8 Å². The fourth-order valence-corrected chi connectivity index (χ4v) is 3.90. The largest absolute Gasteiger partial charge is 0.326 e. The van der Waals surface area contributed by atoms with E-state index in [4.69, 9.17) is 0 Å². The van der Waals surface area contributed by atoms with Crippen LogP contribution < -0.4 is 10.0 Å². The van der Waals surface area contributed by atoms with Gasteiger partial charge in [-0.2, -0.15) is 0 Å². The molecule has 0 aliphatic carbocycles. The van der Waals surface area contributed by atoms with Gasteiger partial charge < -0.3 is 5.32 Å². The van der Waals surface area contributed by atoms with E-state index in [1.165, 1.54) is 30.1 Å². The topological polar surface area (TPSA) is 114 Å². The first-order chi connectivity index (χ1) is 13.5. The molecular weight excluding hydrogens is 398 g/mol. The number of sulfonamides is 1. The molecule has 2 aromatic heterocycles. The third-order valence-corrected chi connectivity index (χ3v) is 5.70. The number of anilines is 2. The molecule has 2 heterocycles. The van der Waals surface area contributed by atoms with Crippen LogP contribution in [-0.2, 0) is 14.8 Å². The molecule has 1 amide bonds. The van der Waals surface area contributed by atoms with E-state index in [0.29, 0.717) is 16.6 Å². The summed E-state index contributed by atoms with van der Waals surface area (Å²) in [7, 11) is -3.75. The first kappa shape index (κ1) is 19.8. The number of aromatic nitrogens is 3. The van der Waals surface area contributed by atoms with Crippen LogP contribution in [-0.4, -0.2) is 35.0 Å². The van der Waals surface area contributed by atoms with Crippen molar-refractivity contribution in [2.75, 3.05) is 15.8 Å². The predicted molar refractivity (Wildman–Crippen MR) is 107 cm³/mol. The van der Waals surface area contributed by atoms with Gasteiger partial charge >= 0.3 is 0 Å². The van der Waals surface area contributed by atoms with Crippen LogP contribution in [0.1, 0.15) is 6.42 Å². The number of nitrogens with zero attached hydrogens (tertiary/aromatic N) is 3. The second-order valence-corrected chi connectivity index (χ2v) is 8.27. The molecule has 0 spiro atoms. The zero-order chi connectivity index (χ0) is 19.8. The summed E-state index contributed by atoms with van der Waals surface area (Å²) in [5.74, 6) is 0.599. The van der Waals surface area contributed by atoms with E-state index in [9.17, 15) is 13.2 Å². The third kappa shape index (κ3) is 5.76. The number of benzene rings is 1. The summed E-state index contributed by atoms with van der Waals surface area (Å²) in [6.07, 6.45) is 5.07. The van der Waals surface area contributed by atoms with Crippen molar-refractivity contribution in [3.05, 3.63) is 67.1 Å². The van der Waals surface area contributed by atoms with Crippen LogP contribution >= 0.6 is 11.8 Å². The van der Waals surface area contributed by atoms with Crippen molar-refractivity contribution in [1.82, 2.24) is 15.0 Å². The molecule has 0 bridgehead atoms. The molecule has 0 radical (unpaired) electrons. The van der Waals surface area contributed by atoms with Crippen molar-refractivity contribution in [1.29, 1.82) is 0 Å². The number of carbonyl (C=O) groups is 1. The number of rotatable bonds is 8. The number of thioether (sulfide) groups is 1. The molecule has 8 nitrogen and oxygen atoms in total. The molecular formula is C18H17N5O3S2. The van der Waals surface area contributed by atoms with Crippen LogP contribution in [0.15, 0.2) is 77.2 Å². The first-order valence-electron chi connectivity index (χ1n) is 8.26. The highest BCUT2D eigenvalue weighted by atomic mass is 32.2. The van der Waals surface area contributed by atoms with Gasteiger partial charge in [0.05, 0.1) is 4.90 Å². The lowest BCUT2D eigenvalue weighted by Crippen LogP contribution is -2.15. The van der Waals surface area contributed by atoms with Crippen LogP contribution in [0.25, 0.3) is 0 Å². The van der Waals surface area contributed by atoms with Gasteiger partial charge in [-0.1, -0.05) is 17.8 Å². The molecule has 10 heteroatoms. The van der Waals surface area contributed by atoms with Gasteiger partial charge in [-0.15, -0.1) is 0 Å². The van der Waals surface area contributed by atoms with Crippen LogP contribution in [0.3, 0.4) is 0 Å². The van der Waals surface area contributed by atoms with Crippen LogP contribution in [0, 0.1) is 0 Å². The summed E-state index contributed by atoms with van der Waals surface area (Å²) in [5.41, 5.74) is 0.516. The standard InChI is InChI=1S/C18H17N5O3S2/c24-17(9-13-27-18-20-11-3-12-21-18)22-14-5-7-15(8-6-14)28(25,26)23-16-4-1-2-10-19-16/h1-8,10-12H,9,13H2,(H,19,23)(H,22,24). The molecule has 0 aliphatic heterocycles. The lowest BCUT2D eigenvalue weighted by atomic mass is 10.3. The number of pyridine rings is 1. The minimum Gasteiger partial charge on any atom is -0.326 e. The van der Waals surface area contributed by atoms with Gasteiger partial charge in [-0.25, -0.2) is 23.4 Å². The van der Waals surface area contributed by atoms with Crippen molar-refractivity contribution in [3.8, 4) is 0 Å². The second-order valence-electron chi connectivity index (χ2n) is 5.52. The number of hydrogen-bond donors (Lipinski definition) is 2. The Hall–Kier alpha value is -2.98. The van der Waals surface area contributed by atoms with Gasteiger partial charge in [0.15, 0.2) is 5.16 Å². The van der Waals surface area contributed by atoms with E-state index in [0.717, 1.165) is 0 Å². The maximum absolute atomic E-state index is 12.4.